The first-order chi connectivity index (χ1) is 9.26. The molecule has 0 fully saturated rings. The Balaban J connectivity index is 2.18. The summed E-state index contributed by atoms with van der Waals surface area (Å²) in [6.45, 7) is 1.27. The standard InChI is InChI=1S/C13H18N2O4/c1-17-5-6-19-15-9-12(16)10-18-13-4-2-3-11(7-13)8-14/h2-4,7,12,15-16H,5-6,9-10H2,1H3. The van der Waals surface area contributed by atoms with Crippen LogP contribution in [-0.4, -0.2) is 44.7 Å². The van der Waals surface area contributed by atoms with Gasteiger partial charge in [-0.1, -0.05) is 6.07 Å². The Hall–Kier alpha value is -1.65. The molecule has 0 radical (unpaired) electrons. The van der Waals surface area contributed by atoms with Crippen LogP contribution in [0.15, 0.2) is 24.3 Å². The molecule has 0 amide bonds. The van der Waals surface area contributed by atoms with E-state index in [2.05, 4.69) is 5.48 Å². The number of aliphatic hydroxyl groups is 1. The lowest BCUT2D eigenvalue weighted by Crippen LogP contribution is -2.32. The molecule has 1 aromatic rings. The van der Waals surface area contributed by atoms with Gasteiger partial charge in [0.25, 0.3) is 0 Å². The number of aliphatic hydroxyl groups excluding tert-OH is 1. The fourth-order valence-corrected chi connectivity index (χ4v) is 1.26. The summed E-state index contributed by atoms with van der Waals surface area (Å²) in [5, 5.41) is 18.4. The number of hydrogen-bond acceptors (Lipinski definition) is 6. The van der Waals surface area contributed by atoms with Gasteiger partial charge in [-0.25, -0.2) is 0 Å². The molecular formula is C13H18N2O4. The van der Waals surface area contributed by atoms with Crippen molar-refractivity contribution in [2.75, 3.05) is 33.5 Å². The minimum atomic E-state index is -0.701. The van der Waals surface area contributed by atoms with Gasteiger partial charge in [0.2, 0.25) is 0 Å². The van der Waals surface area contributed by atoms with E-state index in [9.17, 15) is 5.11 Å². The van der Waals surface area contributed by atoms with Crippen molar-refractivity contribution in [3.8, 4) is 11.8 Å². The molecule has 6 heteroatoms. The molecule has 0 saturated carbocycles. The number of methoxy groups -OCH3 is 1. The molecule has 0 aliphatic heterocycles. The summed E-state index contributed by atoms with van der Waals surface area (Å²) in [7, 11) is 1.58. The Labute approximate surface area is 112 Å². The summed E-state index contributed by atoms with van der Waals surface area (Å²) in [6.07, 6.45) is -0.701. The van der Waals surface area contributed by atoms with Crippen molar-refractivity contribution in [3.63, 3.8) is 0 Å². The molecule has 1 unspecified atom stereocenters. The van der Waals surface area contributed by atoms with Crippen LogP contribution in [0.5, 0.6) is 5.75 Å². The topological polar surface area (TPSA) is 83.7 Å². The number of hydrogen-bond donors (Lipinski definition) is 2. The second-order valence-corrected chi connectivity index (χ2v) is 3.79. The van der Waals surface area contributed by atoms with E-state index in [0.717, 1.165) is 0 Å². The third-order valence-electron chi connectivity index (χ3n) is 2.22. The third kappa shape index (κ3) is 6.74. The predicted octanol–water partition coefficient (Wildman–Crippen LogP) is 0.466. The van der Waals surface area contributed by atoms with E-state index in [4.69, 9.17) is 19.6 Å². The van der Waals surface area contributed by atoms with E-state index in [1.165, 1.54) is 0 Å². The van der Waals surface area contributed by atoms with E-state index < -0.39 is 6.10 Å². The maximum atomic E-state index is 9.63. The summed E-state index contributed by atoms with van der Waals surface area (Å²) < 4.78 is 10.2. The lowest BCUT2D eigenvalue weighted by atomic mass is 10.2. The van der Waals surface area contributed by atoms with Gasteiger partial charge in [0.05, 0.1) is 31.4 Å². The van der Waals surface area contributed by atoms with Crippen LogP contribution in [0.1, 0.15) is 5.56 Å². The summed E-state index contributed by atoms with van der Waals surface area (Å²) in [5.74, 6) is 0.554. The maximum Gasteiger partial charge on any atom is 0.120 e. The fourth-order valence-electron chi connectivity index (χ4n) is 1.26. The first kappa shape index (κ1) is 15.4. The van der Waals surface area contributed by atoms with Gasteiger partial charge < -0.3 is 14.6 Å². The molecule has 0 bridgehead atoms. The van der Waals surface area contributed by atoms with Crippen LogP contribution in [0.2, 0.25) is 0 Å². The van der Waals surface area contributed by atoms with Crippen molar-refractivity contribution in [2.24, 2.45) is 0 Å². The van der Waals surface area contributed by atoms with E-state index >= 15 is 0 Å². The lowest BCUT2D eigenvalue weighted by molar-refractivity contribution is -0.0173. The quantitative estimate of drug-likeness (QED) is 0.499. The fraction of sp³-hybridized carbons (Fsp3) is 0.462. The molecule has 1 atom stereocenters. The molecule has 0 aliphatic carbocycles. The Morgan fingerprint density at radius 3 is 3.00 bits per heavy atom. The number of nitrogens with one attached hydrogen (secondary N) is 1. The minimum absolute atomic E-state index is 0.121. The second-order valence-electron chi connectivity index (χ2n) is 3.79. The SMILES string of the molecule is COCCONCC(O)COc1cccc(C#N)c1. The van der Waals surface area contributed by atoms with Crippen molar-refractivity contribution in [1.29, 1.82) is 5.26 Å². The van der Waals surface area contributed by atoms with Gasteiger partial charge in [0, 0.05) is 7.11 Å². The van der Waals surface area contributed by atoms with Crippen molar-refractivity contribution < 1.29 is 19.4 Å². The number of benzene rings is 1. The molecule has 2 N–H and O–H groups in total. The normalized spacial score (nSPS) is 11.8. The highest BCUT2D eigenvalue weighted by Crippen LogP contribution is 2.12. The molecule has 1 rings (SSSR count). The molecule has 19 heavy (non-hydrogen) atoms. The van der Waals surface area contributed by atoms with Gasteiger partial charge in [-0.05, 0) is 18.2 Å². The Morgan fingerprint density at radius 1 is 1.42 bits per heavy atom. The van der Waals surface area contributed by atoms with E-state index in [-0.39, 0.29) is 13.2 Å². The summed E-state index contributed by atoms with van der Waals surface area (Å²) in [5.41, 5.74) is 3.14. The van der Waals surface area contributed by atoms with Crippen LogP contribution in [0.3, 0.4) is 0 Å². The second kappa shape index (κ2) is 9.30. The highest BCUT2D eigenvalue weighted by molar-refractivity contribution is 5.36. The molecule has 0 spiro atoms. The van der Waals surface area contributed by atoms with Crippen molar-refractivity contribution in [2.45, 2.75) is 6.10 Å². The minimum Gasteiger partial charge on any atom is -0.491 e. The van der Waals surface area contributed by atoms with Crippen LogP contribution in [-0.2, 0) is 9.57 Å². The van der Waals surface area contributed by atoms with Crippen LogP contribution in [0.25, 0.3) is 0 Å². The highest BCUT2D eigenvalue weighted by Gasteiger charge is 2.05. The third-order valence-corrected chi connectivity index (χ3v) is 2.22. The predicted molar refractivity (Wildman–Crippen MR) is 68.5 cm³/mol. The van der Waals surface area contributed by atoms with E-state index in [0.29, 0.717) is 24.5 Å². The highest BCUT2D eigenvalue weighted by atomic mass is 16.7. The van der Waals surface area contributed by atoms with Crippen molar-refractivity contribution in [1.82, 2.24) is 5.48 Å². The maximum absolute atomic E-state index is 9.63. The zero-order chi connectivity index (χ0) is 13.9. The average Bonchev–Trinajstić information content (AvgIpc) is 2.45. The Bertz CT molecular complexity index is 406. The molecule has 0 aromatic heterocycles. The molecule has 1 aromatic carbocycles. The number of nitriles is 1. The van der Waals surface area contributed by atoms with E-state index in [1.54, 1.807) is 31.4 Å². The summed E-state index contributed by atoms with van der Waals surface area (Å²) >= 11 is 0. The number of rotatable bonds is 9. The average molecular weight is 266 g/mol. The molecule has 0 aliphatic rings. The summed E-state index contributed by atoms with van der Waals surface area (Å²) in [4.78, 5) is 5.00. The molecule has 0 heterocycles. The van der Waals surface area contributed by atoms with Crippen molar-refractivity contribution in [3.05, 3.63) is 29.8 Å². The van der Waals surface area contributed by atoms with Gasteiger partial charge >= 0.3 is 0 Å². The van der Waals surface area contributed by atoms with Crippen LogP contribution < -0.4 is 10.2 Å². The smallest absolute Gasteiger partial charge is 0.120 e. The Morgan fingerprint density at radius 2 is 2.26 bits per heavy atom. The van der Waals surface area contributed by atoms with Gasteiger partial charge in [0.15, 0.2) is 0 Å². The van der Waals surface area contributed by atoms with Gasteiger partial charge in [-0.15, -0.1) is 0 Å². The summed E-state index contributed by atoms with van der Waals surface area (Å²) in [6, 6.07) is 8.79. The molecular weight excluding hydrogens is 248 g/mol. The molecule has 0 saturated heterocycles. The van der Waals surface area contributed by atoms with Crippen LogP contribution in [0, 0.1) is 11.3 Å². The van der Waals surface area contributed by atoms with Crippen LogP contribution >= 0.6 is 0 Å². The zero-order valence-corrected chi connectivity index (χ0v) is 10.8. The molecule has 104 valence electrons. The number of nitrogens with zero attached hydrogens (tertiary/aromatic N) is 1. The van der Waals surface area contributed by atoms with Gasteiger partial charge in [-0.3, -0.25) is 4.84 Å². The van der Waals surface area contributed by atoms with Gasteiger partial charge in [0.1, 0.15) is 18.5 Å². The van der Waals surface area contributed by atoms with E-state index in [1.807, 2.05) is 6.07 Å². The Kier molecular flexibility index (Phi) is 7.54. The number of hydroxylamine groups is 1. The first-order valence-corrected chi connectivity index (χ1v) is 5.91. The van der Waals surface area contributed by atoms with Crippen LogP contribution in [0.4, 0.5) is 0 Å². The first-order valence-electron chi connectivity index (χ1n) is 5.91. The lowest BCUT2D eigenvalue weighted by Gasteiger charge is -2.13. The molecule has 6 nitrogen and oxygen atoms in total. The largest absolute Gasteiger partial charge is 0.491 e. The zero-order valence-electron chi connectivity index (χ0n) is 10.8. The number of ether oxygens (including phenoxy) is 2. The van der Waals surface area contributed by atoms with Gasteiger partial charge in [-0.2, -0.15) is 10.7 Å². The van der Waals surface area contributed by atoms with Crippen molar-refractivity contribution >= 4 is 0 Å². The monoisotopic (exact) mass is 266 g/mol.